The lowest BCUT2D eigenvalue weighted by Crippen LogP contribution is -2.18. The number of primary amides is 1. The predicted molar refractivity (Wildman–Crippen MR) is 23.0 cm³/mol. The number of carbonyl (C=O) groups excluding carboxylic acids is 1. The minimum Gasteiger partial charge on any atom is -0.366 e. The molecule has 0 fully saturated rings. The number of nitrogens with two attached hydrogens (primary N) is 1. The fraction of sp³-hybridized carbons (Fsp3) is 0.500. The van der Waals surface area contributed by atoms with Gasteiger partial charge in [-0.15, -0.1) is 0 Å². The zero-order valence-electron chi connectivity index (χ0n) is 2.82. The Hall–Kier alpha value is -0.120. The van der Waals surface area contributed by atoms with E-state index in [4.69, 9.17) is 0 Å². The van der Waals surface area contributed by atoms with Gasteiger partial charge >= 0.3 is 0 Å². The third-order valence-corrected chi connectivity index (χ3v) is 0.666. The van der Waals surface area contributed by atoms with Gasteiger partial charge in [-0.3, -0.25) is 4.79 Å². The Morgan fingerprint density at radius 1 is 2.00 bits per heavy atom. The Bertz CT molecular complexity index is 64.6. The molecule has 6 heavy (non-hydrogen) atoms. The Kier molecular flexibility index (Phi) is 2.08. The highest BCUT2D eigenvalue weighted by Gasteiger charge is 2.04. The first kappa shape index (κ1) is 5.88. The van der Waals surface area contributed by atoms with Crippen molar-refractivity contribution in [3.63, 3.8) is 0 Å². The fourth-order valence-electron chi connectivity index (χ4n) is 0. The van der Waals surface area contributed by atoms with Crippen molar-refractivity contribution >= 4 is 21.8 Å². The Labute approximate surface area is 42.6 Å². The zero-order chi connectivity index (χ0) is 5.15. The standard InChI is InChI=1S/C2H3BrFNO/c3-1(4)2(5)6/h1H,(H2,5,6). The minimum absolute atomic E-state index is 0.991. The quantitative estimate of drug-likeness (QED) is 0.540. The van der Waals surface area contributed by atoms with E-state index in [1.807, 2.05) is 0 Å². The summed E-state index contributed by atoms with van der Waals surface area (Å²) in [6.45, 7) is 0. The fourth-order valence-corrected chi connectivity index (χ4v) is 0. The van der Waals surface area contributed by atoms with Crippen molar-refractivity contribution in [3.8, 4) is 0 Å². The predicted octanol–water partition coefficient (Wildman–Crippen LogP) is 0.162. The van der Waals surface area contributed by atoms with Crippen molar-refractivity contribution in [2.75, 3.05) is 0 Å². The van der Waals surface area contributed by atoms with Crippen LogP contribution < -0.4 is 5.73 Å². The van der Waals surface area contributed by atoms with Gasteiger partial charge in [-0.25, -0.2) is 4.39 Å². The Balaban J connectivity index is 3.26. The van der Waals surface area contributed by atoms with Crippen LogP contribution in [0, 0.1) is 0 Å². The van der Waals surface area contributed by atoms with Gasteiger partial charge in [0.2, 0.25) is 5.08 Å². The SMILES string of the molecule is NC(=O)C(F)Br. The summed E-state index contributed by atoms with van der Waals surface area (Å²) in [5.74, 6) is -0.991. The molecule has 2 nitrogen and oxygen atoms in total. The van der Waals surface area contributed by atoms with E-state index >= 15 is 0 Å². The molecule has 1 unspecified atom stereocenters. The number of alkyl halides is 2. The molecule has 0 rings (SSSR count). The summed E-state index contributed by atoms with van der Waals surface area (Å²) in [5, 5.41) is -1.70. The molecule has 0 spiro atoms. The first-order valence-corrected chi connectivity index (χ1v) is 2.13. The molecule has 0 saturated heterocycles. The van der Waals surface area contributed by atoms with E-state index < -0.39 is 11.0 Å². The lowest BCUT2D eigenvalue weighted by molar-refractivity contribution is -0.119. The second-order valence-corrected chi connectivity index (χ2v) is 1.51. The smallest absolute Gasteiger partial charge is 0.263 e. The lowest BCUT2D eigenvalue weighted by Gasteiger charge is -1.84. The van der Waals surface area contributed by atoms with Crippen molar-refractivity contribution in [2.45, 2.75) is 5.08 Å². The van der Waals surface area contributed by atoms with Crippen molar-refractivity contribution in [2.24, 2.45) is 5.73 Å². The van der Waals surface area contributed by atoms with Crippen LogP contribution in [0.3, 0.4) is 0 Å². The Morgan fingerprint density at radius 3 is 2.17 bits per heavy atom. The third-order valence-electron chi connectivity index (χ3n) is 0.215. The molecule has 0 aromatic carbocycles. The van der Waals surface area contributed by atoms with Gasteiger partial charge in [0.05, 0.1) is 0 Å². The van der Waals surface area contributed by atoms with Gasteiger partial charge in [0, 0.05) is 0 Å². The molecule has 1 atom stereocenters. The van der Waals surface area contributed by atoms with Gasteiger partial charge in [0.15, 0.2) is 0 Å². The van der Waals surface area contributed by atoms with Crippen LogP contribution in [0.25, 0.3) is 0 Å². The van der Waals surface area contributed by atoms with E-state index in [0.29, 0.717) is 0 Å². The average molecular weight is 156 g/mol. The molecule has 0 saturated carbocycles. The summed E-state index contributed by atoms with van der Waals surface area (Å²) < 4.78 is 11.3. The van der Waals surface area contributed by atoms with Crippen LogP contribution in [0.5, 0.6) is 0 Å². The highest BCUT2D eigenvalue weighted by molar-refractivity contribution is 9.09. The van der Waals surface area contributed by atoms with E-state index in [-0.39, 0.29) is 0 Å². The molecule has 0 heterocycles. The number of rotatable bonds is 1. The molecule has 0 aromatic heterocycles. The first-order chi connectivity index (χ1) is 2.64. The molecule has 36 valence electrons. The van der Waals surface area contributed by atoms with Crippen LogP contribution in [0.4, 0.5) is 4.39 Å². The summed E-state index contributed by atoms with van der Waals surface area (Å²) in [6.07, 6.45) is 0. The molecule has 0 aromatic rings. The van der Waals surface area contributed by atoms with Crippen LogP contribution >= 0.6 is 15.9 Å². The minimum atomic E-state index is -1.70. The second kappa shape index (κ2) is 2.12. The molecule has 1 amide bonds. The van der Waals surface area contributed by atoms with E-state index in [9.17, 15) is 9.18 Å². The largest absolute Gasteiger partial charge is 0.366 e. The molecule has 2 N–H and O–H groups in total. The van der Waals surface area contributed by atoms with E-state index in [2.05, 4.69) is 21.7 Å². The third kappa shape index (κ3) is 2.14. The van der Waals surface area contributed by atoms with Crippen molar-refractivity contribution < 1.29 is 9.18 Å². The van der Waals surface area contributed by atoms with Crippen LogP contribution in [-0.2, 0) is 4.79 Å². The van der Waals surface area contributed by atoms with Crippen LogP contribution in [-0.4, -0.2) is 11.0 Å². The first-order valence-electron chi connectivity index (χ1n) is 1.22. The van der Waals surface area contributed by atoms with Crippen molar-refractivity contribution in [1.82, 2.24) is 0 Å². The van der Waals surface area contributed by atoms with Gasteiger partial charge < -0.3 is 5.73 Å². The molecule has 0 bridgehead atoms. The normalized spacial score (nSPS) is 13.7. The zero-order valence-corrected chi connectivity index (χ0v) is 4.40. The summed E-state index contributed by atoms with van der Waals surface area (Å²) in [5.41, 5.74) is 4.37. The highest BCUT2D eigenvalue weighted by atomic mass is 79.9. The number of halogens is 2. The van der Waals surface area contributed by atoms with Crippen LogP contribution in [0.15, 0.2) is 0 Å². The molecule has 0 aliphatic heterocycles. The van der Waals surface area contributed by atoms with E-state index in [1.165, 1.54) is 0 Å². The number of amides is 1. The van der Waals surface area contributed by atoms with Crippen LogP contribution in [0.2, 0.25) is 0 Å². The number of hydrogen-bond acceptors (Lipinski definition) is 1. The van der Waals surface area contributed by atoms with E-state index in [1.54, 1.807) is 0 Å². The monoisotopic (exact) mass is 155 g/mol. The summed E-state index contributed by atoms with van der Waals surface area (Å²) in [6, 6.07) is 0. The summed E-state index contributed by atoms with van der Waals surface area (Å²) >= 11 is 2.30. The molecule has 0 aliphatic carbocycles. The lowest BCUT2D eigenvalue weighted by atomic mass is 10.7. The van der Waals surface area contributed by atoms with Gasteiger partial charge in [0.25, 0.3) is 5.91 Å². The highest BCUT2D eigenvalue weighted by Crippen LogP contribution is 1.96. The molecule has 0 aliphatic rings. The van der Waals surface area contributed by atoms with Crippen molar-refractivity contribution in [1.29, 1.82) is 0 Å². The van der Waals surface area contributed by atoms with Gasteiger partial charge in [0.1, 0.15) is 0 Å². The molecule has 4 heteroatoms. The topological polar surface area (TPSA) is 43.1 Å². The maximum atomic E-state index is 11.3. The second-order valence-electron chi connectivity index (χ2n) is 0.703. The van der Waals surface area contributed by atoms with Gasteiger partial charge in [-0.05, 0) is 15.9 Å². The number of hydrogen-bond donors (Lipinski definition) is 1. The van der Waals surface area contributed by atoms with E-state index in [0.717, 1.165) is 0 Å². The maximum Gasteiger partial charge on any atom is 0.263 e. The van der Waals surface area contributed by atoms with Crippen molar-refractivity contribution in [3.05, 3.63) is 0 Å². The average Bonchev–Trinajstić information content (AvgIpc) is 1.36. The summed E-state index contributed by atoms with van der Waals surface area (Å²) in [4.78, 5) is 9.50. The molecular weight excluding hydrogens is 153 g/mol. The Morgan fingerprint density at radius 2 is 2.17 bits per heavy atom. The van der Waals surface area contributed by atoms with Gasteiger partial charge in [-0.1, -0.05) is 0 Å². The van der Waals surface area contributed by atoms with Gasteiger partial charge in [-0.2, -0.15) is 0 Å². The molecular formula is C2H3BrFNO. The van der Waals surface area contributed by atoms with Crippen LogP contribution in [0.1, 0.15) is 0 Å². The number of carbonyl (C=O) groups is 1. The molecule has 0 radical (unpaired) electrons. The summed E-state index contributed by atoms with van der Waals surface area (Å²) in [7, 11) is 0. The maximum absolute atomic E-state index is 11.3.